The monoisotopic (exact) mass is 464 g/mol. The van der Waals surface area contributed by atoms with Crippen molar-refractivity contribution in [3.63, 3.8) is 0 Å². The summed E-state index contributed by atoms with van der Waals surface area (Å²) in [6.45, 7) is 4.44. The molecule has 1 unspecified atom stereocenters. The average Bonchev–Trinajstić information content (AvgIpc) is 2.67. The van der Waals surface area contributed by atoms with E-state index in [2.05, 4.69) is 15.9 Å². The maximum atomic E-state index is 12.9. The second-order valence-electron chi connectivity index (χ2n) is 7.28. The van der Waals surface area contributed by atoms with E-state index in [1.165, 1.54) is 12.1 Å². The molecule has 3 rings (SSSR count). The predicted octanol–water partition coefficient (Wildman–Crippen LogP) is 4.60. The molecule has 1 aliphatic rings. The van der Waals surface area contributed by atoms with E-state index in [0.717, 1.165) is 35.0 Å². The minimum atomic E-state index is -3.53. The number of aryl methyl sites for hydroxylation is 1. The van der Waals surface area contributed by atoms with Gasteiger partial charge in [0.15, 0.2) is 0 Å². The average molecular weight is 465 g/mol. The highest BCUT2D eigenvalue weighted by Gasteiger charge is 2.31. The second-order valence-corrected chi connectivity index (χ2v) is 10.1. The lowest BCUT2D eigenvalue weighted by molar-refractivity contribution is 0.0992. The number of piperidine rings is 1. The molecule has 0 aromatic heterocycles. The Labute approximate surface area is 175 Å². The smallest absolute Gasteiger partial charge is 0.258 e. The lowest BCUT2D eigenvalue weighted by Crippen LogP contribution is -2.41. The van der Waals surface area contributed by atoms with Crippen LogP contribution in [0.3, 0.4) is 0 Å². The molecule has 0 spiro atoms. The Morgan fingerprint density at radius 3 is 2.43 bits per heavy atom. The standard InChI is InChI=1S/C21H25BrN2O3S/c1-15-14-18(22)9-12-20(15)23(3)21(25)17-7-10-19(11-8-17)28(26,27)24-13-5-4-6-16(24)2/h7-12,14,16H,4-6,13H2,1-3H3. The fourth-order valence-electron chi connectivity index (χ4n) is 3.63. The first kappa shape index (κ1) is 21.0. The Morgan fingerprint density at radius 1 is 1.14 bits per heavy atom. The van der Waals surface area contributed by atoms with Gasteiger partial charge in [0.05, 0.1) is 4.90 Å². The summed E-state index contributed by atoms with van der Waals surface area (Å²) in [6.07, 6.45) is 2.83. The molecule has 1 atom stereocenters. The van der Waals surface area contributed by atoms with Crippen LogP contribution in [0.2, 0.25) is 0 Å². The van der Waals surface area contributed by atoms with Crippen molar-refractivity contribution in [1.82, 2.24) is 4.31 Å². The third-order valence-electron chi connectivity index (χ3n) is 5.27. The molecule has 2 aromatic carbocycles. The molecular weight excluding hydrogens is 440 g/mol. The van der Waals surface area contributed by atoms with E-state index in [4.69, 9.17) is 0 Å². The fourth-order valence-corrected chi connectivity index (χ4v) is 5.81. The summed E-state index contributed by atoms with van der Waals surface area (Å²) in [4.78, 5) is 14.7. The van der Waals surface area contributed by atoms with E-state index >= 15 is 0 Å². The van der Waals surface area contributed by atoms with E-state index in [1.807, 2.05) is 32.0 Å². The molecule has 7 heteroatoms. The van der Waals surface area contributed by atoms with Crippen molar-refractivity contribution in [3.05, 3.63) is 58.1 Å². The van der Waals surface area contributed by atoms with Gasteiger partial charge in [-0.25, -0.2) is 8.42 Å². The number of hydrogen-bond donors (Lipinski definition) is 0. The van der Waals surface area contributed by atoms with Crippen LogP contribution < -0.4 is 4.90 Å². The summed E-state index contributed by atoms with van der Waals surface area (Å²) in [5.41, 5.74) is 2.24. The summed E-state index contributed by atoms with van der Waals surface area (Å²) in [5.74, 6) is -0.180. The number of sulfonamides is 1. The lowest BCUT2D eigenvalue weighted by Gasteiger charge is -2.32. The SMILES string of the molecule is Cc1cc(Br)ccc1N(C)C(=O)c1ccc(S(=O)(=O)N2CCCCC2C)cc1. The minimum Gasteiger partial charge on any atom is -0.311 e. The quantitative estimate of drug-likeness (QED) is 0.664. The van der Waals surface area contributed by atoms with Crippen LogP contribution >= 0.6 is 15.9 Å². The molecule has 1 aliphatic heterocycles. The van der Waals surface area contributed by atoms with Gasteiger partial charge in [-0.15, -0.1) is 0 Å². The van der Waals surface area contributed by atoms with Crippen LogP contribution in [-0.2, 0) is 10.0 Å². The highest BCUT2D eigenvalue weighted by atomic mass is 79.9. The van der Waals surface area contributed by atoms with Crippen molar-refractivity contribution in [2.24, 2.45) is 0 Å². The molecule has 150 valence electrons. The van der Waals surface area contributed by atoms with Crippen molar-refractivity contribution < 1.29 is 13.2 Å². The lowest BCUT2D eigenvalue weighted by atomic mass is 10.1. The summed E-state index contributed by atoms with van der Waals surface area (Å²) < 4.78 is 28.4. The Hall–Kier alpha value is -1.70. The predicted molar refractivity (Wildman–Crippen MR) is 115 cm³/mol. The van der Waals surface area contributed by atoms with Crippen LogP contribution in [0, 0.1) is 6.92 Å². The van der Waals surface area contributed by atoms with Crippen molar-refractivity contribution in [2.75, 3.05) is 18.5 Å². The van der Waals surface area contributed by atoms with Gasteiger partial charge in [-0.1, -0.05) is 22.4 Å². The normalized spacial score (nSPS) is 18.1. The number of hydrogen-bond acceptors (Lipinski definition) is 3. The molecule has 1 heterocycles. The molecule has 2 aromatic rings. The fraction of sp³-hybridized carbons (Fsp3) is 0.381. The molecule has 5 nitrogen and oxygen atoms in total. The largest absolute Gasteiger partial charge is 0.311 e. The number of amides is 1. The van der Waals surface area contributed by atoms with Crippen LogP contribution in [0.5, 0.6) is 0 Å². The Kier molecular flexibility index (Phi) is 6.27. The third kappa shape index (κ3) is 4.16. The molecular formula is C21H25BrN2O3S. The molecule has 1 saturated heterocycles. The van der Waals surface area contributed by atoms with Gasteiger partial charge < -0.3 is 4.90 Å². The summed E-state index contributed by atoms with van der Waals surface area (Å²) >= 11 is 3.43. The molecule has 0 radical (unpaired) electrons. The zero-order chi connectivity index (χ0) is 20.5. The van der Waals surface area contributed by atoms with E-state index in [0.29, 0.717) is 12.1 Å². The van der Waals surface area contributed by atoms with Crippen LogP contribution in [0.25, 0.3) is 0 Å². The van der Waals surface area contributed by atoms with Crippen LogP contribution in [0.1, 0.15) is 42.1 Å². The number of benzene rings is 2. The van der Waals surface area contributed by atoms with Gasteiger partial charge in [-0.2, -0.15) is 4.31 Å². The maximum absolute atomic E-state index is 12.9. The second kappa shape index (κ2) is 8.35. The number of halogens is 1. The van der Waals surface area contributed by atoms with Crippen molar-refractivity contribution in [3.8, 4) is 0 Å². The van der Waals surface area contributed by atoms with Gasteiger partial charge in [0.25, 0.3) is 5.91 Å². The number of carbonyl (C=O) groups excluding carboxylic acids is 1. The number of nitrogens with zero attached hydrogens (tertiary/aromatic N) is 2. The third-order valence-corrected chi connectivity index (χ3v) is 7.80. The van der Waals surface area contributed by atoms with Crippen molar-refractivity contribution in [1.29, 1.82) is 0 Å². The maximum Gasteiger partial charge on any atom is 0.258 e. The Morgan fingerprint density at radius 2 is 1.82 bits per heavy atom. The summed E-state index contributed by atoms with van der Waals surface area (Å²) in [6, 6.07) is 12.0. The molecule has 1 amide bonds. The van der Waals surface area contributed by atoms with E-state index in [-0.39, 0.29) is 16.8 Å². The zero-order valence-corrected chi connectivity index (χ0v) is 18.8. The number of rotatable bonds is 4. The topological polar surface area (TPSA) is 57.7 Å². The van der Waals surface area contributed by atoms with Gasteiger partial charge in [0.1, 0.15) is 0 Å². The summed E-state index contributed by atoms with van der Waals surface area (Å²) in [5, 5.41) is 0. The van der Waals surface area contributed by atoms with E-state index in [9.17, 15) is 13.2 Å². The summed E-state index contributed by atoms with van der Waals surface area (Å²) in [7, 11) is -1.81. The first-order valence-electron chi connectivity index (χ1n) is 9.38. The van der Waals surface area contributed by atoms with Crippen LogP contribution in [0.15, 0.2) is 51.8 Å². The first-order valence-corrected chi connectivity index (χ1v) is 11.6. The highest BCUT2D eigenvalue weighted by Crippen LogP contribution is 2.27. The molecule has 0 aliphatic carbocycles. The van der Waals surface area contributed by atoms with E-state index in [1.54, 1.807) is 28.4 Å². The Bertz CT molecular complexity index is 974. The minimum absolute atomic E-state index is 0.00608. The molecule has 0 N–H and O–H groups in total. The molecule has 0 bridgehead atoms. The number of anilines is 1. The van der Waals surface area contributed by atoms with Crippen LogP contribution in [0.4, 0.5) is 5.69 Å². The van der Waals surface area contributed by atoms with Gasteiger partial charge in [-0.05, 0) is 74.7 Å². The van der Waals surface area contributed by atoms with Gasteiger partial charge >= 0.3 is 0 Å². The first-order chi connectivity index (χ1) is 13.2. The van der Waals surface area contributed by atoms with Crippen molar-refractivity contribution >= 4 is 37.5 Å². The van der Waals surface area contributed by atoms with Gasteiger partial charge in [-0.3, -0.25) is 4.79 Å². The Balaban J connectivity index is 1.82. The molecule has 0 saturated carbocycles. The molecule has 28 heavy (non-hydrogen) atoms. The number of carbonyl (C=O) groups is 1. The zero-order valence-electron chi connectivity index (χ0n) is 16.4. The van der Waals surface area contributed by atoms with Crippen molar-refractivity contribution in [2.45, 2.75) is 44.0 Å². The van der Waals surface area contributed by atoms with Crippen LogP contribution in [-0.4, -0.2) is 38.3 Å². The highest BCUT2D eigenvalue weighted by molar-refractivity contribution is 9.10. The van der Waals surface area contributed by atoms with Gasteiger partial charge in [0.2, 0.25) is 10.0 Å². The van der Waals surface area contributed by atoms with E-state index < -0.39 is 10.0 Å². The molecule has 1 fully saturated rings. The van der Waals surface area contributed by atoms with Gasteiger partial charge in [0, 0.05) is 35.4 Å².